The Kier molecular flexibility index (Phi) is 4.23. The highest BCUT2D eigenvalue weighted by atomic mass is 31.2. The fraction of sp³-hybridized carbons (Fsp3) is 1.00. The quantitative estimate of drug-likeness (QED) is 0.575. The van der Waals surface area contributed by atoms with E-state index in [1.54, 1.807) is 0 Å². The molecular weight excluding hydrogens is 253 g/mol. The number of hydrogen-bond acceptors (Lipinski definition) is 3. The number of hydrogen-bond donors (Lipinski definition) is 0. The summed E-state index contributed by atoms with van der Waals surface area (Å²) in [6, 6.07) is 0. The summed E-state index contributed by atoms with van der Waals surface area (Å²) in [5.41, 5.74) is 0. The molecule has 0 amide bonds. The fourth-order valence-electron chi connectivity index (χ4n) is 0.558. The van der Waals surface area contributed by atoms with Crippen LogP contribution in [0.15, 0.2) is 0 Å². The largest absolute Gasteiger partial charge is 0.778 e. The van der Waals surface area contributed by atoms with Gasteiger partial charge < -0.3 is 14.0 Å². The molecule has 0 heterocycles. The molecule has 15 heavy (non-hydrogen) atoms. The summed E-state index contributed by atoms with van der Waals surface area (Å²) in [5.74, 6) is 0. The molecule has 0 aromatic carbocycles. The normalized spacial score (nSPS) is 19.7. The van der Waals surface area contributed by atoms with E-state index in [1.807, 2.05) is 0 Å². The van der Waals surface area contributed by atoms with Crippen molar-refractivity contribution >= 4 is 7.60 Å². The van der Waals surface area contributed by atoms with Crippen LogP contribution in [0.5, 0.6) is 0 Å². The third kappa shape index (κ3) is 6.75. The minimum absolute atomic E-state index is 0.306. The molecule has 92 valence electrons. The molecule has 0 saturated heterocycles. The molecule has 10 heteroatoms. The summed E-state index contributed by atoms with van der Waals surface area (Å²) in [5, 5.41) is 0. The van der Waals surface area contributed by atoms with Crippen LogP contribution in [0.3, 0.4) is 0 Å². The molecule has 0 fully saturated rings. The Hall–Kier alpha value is -0.270. The van der Waals surface area contributed by atoms with E-state index in [1.165, 1.54) is 0 Å². The third-order valence-corrected chi connectivity index (χ3v) is 2.54. The lowest BCUT2D eigenvalue weighted by molar-refractivity contribution is -0.240. The van der Waals surface area contributed by atoms with Gasteiger partial charge in [0, 0.05) is 0 Å². The first kappa shape index (κ1) is 14.7. The van der Waals surface area contributed by atoms with E-state index in [0.717, 1.165) is 0 Å². The van der Waals surface area contributed by atoms with Crippen molar-refractivity contribution in [3.05, 3.63) is 0 Å². The first-order valence-corrected chi connectivity index (χ1v) is 5.18. The van der Waals surface area contributed by atoms with Crippen molar-refractivity contribution in [3.63, 3.8) is 0 Å². The van der Waals surface area contributed by atoms with Crippen LogP contribution in [0.4, 0.5) is 26.3 Å². The van der Waals surface area contributed by atoms with Gasteiger partial charge in [-0.1, -0.05) is 0 Å². The highest BCUT2D eigenvalue weighted by Gasteiger charge is 2.42. The first-order chi connectivity index (χ1) is 6.33. The fourth-order valence-corrected chi connectivity index (χ4v) is 1.67. The molecule has 0 radical (unpaired) electrons. The van der Waals surface area contributed by atoms with Crippen LogP contribution in [0.2, 0.25) is 0 Å². The lowest BCUT2D eigenvalue weighted by Gasteiger charge is -2.28. The highest BCUT2D eigenvalue weighted by Crippen LogP contribution is 2.46. The third-order valence-electron chi connectivity index (χ3n) is 1.15. The zero-order valence-corrected chi connectivity index (χ0v) is 8.12. The number of alkyl halides is 6. The van der Waals surface area contributed by atoms with E-state index >= 15 is 0 Å². The zero-order chi connectivity index (χ0) is 12.5. The SMILES string of the molecule is CC(OP(=O)([O-])CC(F)(F)F)C(F)(F)F. The van der Waals surface area contributed by atoms with Crippen molar-refractivity contribution in [3.8, 4) is 0 Å². The minimum atomic E-state index is -5.56. The van der Waals surface area contributed by atoms with Gasteiger partial charge in [0.2, 0.25) is 0 Å². The number of halogens is 6. The zero-order valence-electron chi connectivity index (χ0n) is 7.22. The smallest absolute Gasteiger partial charge is 0.414 e. The van der Waals surface area contributed by atoms with Gasteiger partial charge in [-0.3, -0.25) is 0 Å². The lowest BCUT2D eigenvalue weighted by atomic mass is 10.4. The molecule has 0 aliphatic rings. The van der Waals surface area contributed by atoms with E-state index < -0.39 is 32.2 Å². The minimum Gasteiger partial charge on any atom is -0.778 e. The standard InChI is InChI=1S/C5H7F6O3P/c1-3(5(9,10)11)14-15(12,13)2-4(6,7)8/h3H,2H2,1H3,(H,12,13)/p-1. The van der Waals surface area contributed by atoms with E-state index in [4.69, 9.17) is 0 Å². The predicted molar refractivity (Wildman–Crippen MR) is 35.1 cm³/mol. The Morgan fingerprint density at radius 1 is 1.27 bits per heavy atom. The van der Waals surface area contributed by atoms with Gasteiger partial charge in [-0.2, -0.15) is 26.3 Å². The van der Waals surface area contributed by atoms with Crippen LogP contribution in [-0.2, 0) is 9.09 Å². The van der Waals surface area contributed by atoms with Gasteiger partial charge in [-0.05, 0) is 6.92 Å². The van der Waals surface area contributed by atoms with Gasteiger partial charge in [0.15, 0.2) is 6.10 Å². The first-order valence-electron chi connectivity index (χ1n) is 3.45. The second-order valence-electron chi connectivity index (χ2n) is 2.67. The van der Waals surface area contributed by atoms with Gasteiger partial charge in [0.05, 0.1) is 0 Å². The maximum atomic E-state index is 11.7. The second-order valence-corrected chi connectivity index (χ2v) is 4.42. The average Bonchev–Trinajstić information content (AvgIpc) is 1.76. The Balaban J connectivity index is 4.46. The van der Waals surface area contributed by atoms with Gasteiger partial charge in [-0.25, -0.2) is 0 Å². The molecule has 3 nitrogen and oxygen atoms in total. The Morgan fingerprint density at radius 3 is 1.93 bits per heavy atom. The van der Waals surface area contributed by atoms with E-state index in [9.17, 15) is 35.8 Å². The van der Waals surface area contributed by atoms with Crippen LogP contribution in [0.25, 0.3) is 0 Å². The van der Waals surface area contributed by atoms with Crippen molar-refractivity contribution in [1.29, 1.82) is 0 Å². The molecule has 0 aliphatic carbocycles. The monoisotopic (exact) mass is 259 g/mol. The van der Waals surface area contributed by atoms with Crippen molar-refractivity contribution < 1.29 is 40.3 Å². The molecule has 2 unspecified atom stereocenters. The average molecular weight is 259 g/mol. The van der Waals surface area contributed by atoms with Crippen molar-refractivity contribution in [1.82, 2.24) is 0 Å². The van der Waals surface area contributed by atoms with Crippen LogP contribution in [0, 0.1) is 0 Å². The molecule has 0 aromatic rings. The van der Waals surface area contributed by atoms with Crippen LogP contribution < -0.4 is 4.89 Å². The van der Waals surface area contributed by atoms with Gasteiger partial charge in [0.1, 0.15) is 13.8 Å². The Labute approximate surface area is 80.6 Å². The maximum Gasteiger partial charge on any atom is 0.414 e. The molecule has 0 saturated carbocycles. The van der Waals surface area contributed by atoms with E-state index in [0.29, 0.717) is 6.92 Å². The van der Waals surface area contributed by atoms with Gasteiger partial charge in [0.25, 0.3) is 0 Å². The van der Waals surface area contributed by atoms with Crippen molar-refractivity contribution in [2.75, 3.05) is 6.16 Å². The molecule has 0 bridgehead atoms. The summed E-state index contributed by atoms with van der Waals surface area (Å²) in [7, 11) is -5.56. The molecule has 0 spiro atoms. The molecule has 0 rings (SSSR count). The lowest BCUT2D eigenvalue weighted by Crippen LogP contribution is -2.31. The summed E-state index contributed by atoms with van der Waals surface area (Å²) >= 11 is 0. The highest BCUT2D eigenvalue weighted by molar-refractivity contribution is 7.51. The van der Waals surface area contributed by atoms with E-state index in [-0.39, 0.29) is 0 Å². The van der Waals surface area contributed by atoms with Crippen LogP contribution in [-0.4, -0.2) is 24.6 Å². The molecule has 2 atom stereocenters. The molecule has 0 aliphatic heterocycles. The summed E-state index contributed by atoms with van der Waals surface area (Å²) in [6.07, 6.45) is -15.3. The Bertz CT molecular complexity index is 258. The summed E-state index contributed by atoms with van der Waals surface area (Å²) < 4.78 is 83.8. The van der Waals surface area contributed by atoms with Gasteiger partial charge in [-0.15, -0.1) is 0 Å². The van der Waals surface area contributed by atoms with Gasteiger partial charge >= 0.3 is 12.4 Å². The Morgan fingerprint density at radius 2 is 1.67 bits per heavy atom. The maximum absolute atomic E-state index is 11.7. The summed E-state index contributed by atoms with van der Waals surface area (Å²) in [6.45, 7) is 0.306. The van der Waals surface area contributed by atoms with Crippen molar-refractivity contribution in [2.24, 2.45) is 0 Å². The molecular formula is C5H6F6O3P-. The topological polar surface area (TPSA) is 49.4 Å². The second kappa shape index (κ2) is 4.31. The van der Waals surface area contributed by atoms with Crippen LogP contribution in [0.1, 0.15) is 6.92 Å². The number of rotatable bonds is 3. The molecule has 0 N–H and O–H groups in total. The summed E-state index contributed by atoms with van der Waals surface area (Å²) in [4.78, 5) is 10.5. The van der Waals surface area contributed by atoms with Crippen molar-refractivity contribution in [2.45, 2.75) is 25.4 Å². The predicted octanol–water partition coefficient (Wildman–Crippen LogP) is 2.07. The molecule has 0 aromatic heterocycles. The van der Waals surface area contributed by atoms with Crippen LogP contribution >= 0.6 is 7.60 Å². The van der Waals surface area contributed by atoms with E-state index in [2.05, 4.69) is 4.52 Å².